The molecule has 0 bridgehead atoms. The van der Waals surface area contributed by atoms with Gasteiger partial charge in [0.15, 0.2) is 0 Å². The minimum atomic E-state index is -0.124. The second-order valence-corrected chi connectivity index (χ2v) is 7.99. The Hall–Kier alpha value is -3.15. The first-order valence-corrected chi connectivity index (χ1v) is 10.6. The van der Waals surface area contributed by atoms with Gasteiger partial charge in [-0.25, -0.2) is 0 Å². The van der Waals surface area contributed by atoms with Crippen molar-refractivity contribution in [3.63, 3.8) is 0 Å². The van der Waals surface area contributed by atoms with Gasteiger partial charge < -0.3 is 10.1 Å². The minimum absolute atomic E-state index is 0.105. The number of benzene rings is 1. The van der Waals surface area contributed by atoms with Crippen molar-refractivity contribution in [1.82, 2.24) is 20.1 Å². The molecule has 1 aromatic carbocycles. The number of ether oxygens (including phenoxy) is 1. The van der Waals surface area contributed by atoms with Gasteiger partial charge in [-0.15, -0.1) is 0 Å². The quantitative estimate of drug-likeness (QED) is 0.615. The molecule has 3 aromatic rings. The molecule has 6 heteroatoms. The lowest BCUT2D eigenvalue weighted by Gasteiger charge is -2.13. The number of carbonyl (C=O) groups is 1. The van der Waals surface area contributed by atoms with E-state index in [1.54, 1.807) is 18.3 Å². The molecule has 0 aliphatic heterocycles. The normalized spacial score (nSPS) is 14.2. The van der Waals surface area contributed by atoms with E-state index in [-0.39, 0.29) is 12.0 Å². The molecule has 1 N–H and O–H groups in total. The van der Waals surface area contributed by atoms with Crippen molar-refractivity contribution in [1.29, 1.82) is 0 Å². The molecule has 0 unspecified atom stereocenters. The zero-order valence-corrected chi connectivity index (χ0v) is 17.5. The van der Waals surface area contributed by atoms with E-state index >= 15 is 0 Å². The monoisotopic (exact) mass is 404 g/mol. The lowest BCUT2D eigenvalue weighted by Crippen LogP contribution is -2.23. The third-order valence-corrected chi connectivity index (χ3v) is 5.30. The Labute approximate surface area is 177 Å². The number of carbonyl (C=O) groups excluding carboxylic acids is 1. The molecule has 2 heterocycles. The van der Waals surface area contributed by atoms with Crippen LogP contribution in [-0.2, 0) is 6.54 Å². The van der Waals surface area contributed by atoms with Crippen LogP contribution >= 0.6 is 0 Å². The summed E-state index contributed by atoms with van der Waals surface area (Å²) in [6.45, 7) is 4.33. The first-order chi connectivity index (χ1) is 14.6. The van der Waals surface area contributed by atoms with E-state index in [9.17, 15) is 4.79 Å². The summed E-state index contributed by atoms with van der Waals surface area (Å²) in [6, 6.07) is 15.6. The molecular weight excluding hydrogens is 376 g/mol. The van der Waals surface area contributed by atoms with Crippen molar-refractivity contribution in [2.45, 2.75) is 58.2 Å². The molecule has 4 rings (SSSR count). The summed E-state index contributed by atoms with van der Waals surface area (Å²) >= 11 is 0. The predicted octanol–water partition coefficient (Wildman–Crippen LogP) is 4.78. The van der Waals surface area contributed by atoms with Crippen LogP contribution < -0.4 is 10.1 Å². The highest BCUT2D eigenvalue weighted by atomic mass is 16.5. The molecule has 0 radical (unpaired) electrons. The Bertz CT molecular complexity index is 974. The molecule has 1 saturated carbocycles. The molecule has 2 aromatic heterocycles. The van der Waals surface area contributed by atoms with Crippen molar-refractivity contribution >= 4 is 5.91 Å². The molecule has 0 spiro atoms. The first kappa shape index (κ1) is 20.1. The standard InChI is InChI=1S/C24H28N4O2/c1-17(2)30-21-12-10-18(11-13-21)24(29)26-16-19-15-23(22-9-5-6-14-25-22)28(27-19)20-7-3-4-8-20/h5-6,9-15,17,20H,3-4,7-8,16H2,1-2H3,(H,26,29). The van der Waals surface area contributed by atoms with Crippen LogP contribution in [0.15, 0.2) is 54.7 Å². The molecule has 0 saturated heterocycles. The maximum atomic E-state index is 12.6. The van der Waals surface area contributed by atoms with E-state index in [2.05, 4.69) is 15.0 Å². The van der Waals surface area contributed by atoms with E-state index in [4.69, 9.17) is 9.84 Å². The molecular formula is C24H28N4O2. The van der Waals surface area contributed by atoms with Crippen LogP contribution in [-0.4, -0.2) is 26.8 Å². The van der Waals surface area contributed by atoms with Gasteiger partial charge >= 0.3 is 0 Å². The zero-order valence-electron chi connectivity index (χ0n) is 17.5. The van der Waals surface area contributed by atoms with Crippen molar-refractivity contribution in [2.24, 2.45) is 0 Å². The van der Waals surface area contributed by atoms with Crippen LogP contribution in [0.2, 0.25) is 0 Å². The Kier molecular flexibility index (Phi) is 6.12. The fraction of sp³-hybridized carbons (Fsp3) is 0.375. The number of pyridine rings is 1. The molecule has 1 aliphatic carbocycles. The van der Waals surface area contributed by atoms with E-state index in [1.165, 1.54) is 12.8 Å². The summed E-state index contributed by atoms with van der Waals surface area (Å²) in [5.41, 5.74) is 3.37. The minimum Gasteiger partial charge on any atom is -0.491 e. The number of nitrogens with zero attached hydrogens (tertiary/aromatic N) is 3. The maximum Gasteiger partial charge on any atom is 0.251 e. The average Bonchev–Trinajstić information content (AvgIpc) is 3.42. The van der Waals surface area contributed by atoms with Gasteiger partial charge in [-0.3, -0.25) is 14.5 Å². The van der Waals surface area contributed by atoms with Gasteiger partial charge in [-0.05, 0) is 69.2 Å². The lowest BCUT2D eigenvalue weighted by molar-refractivity contribution is 0.0950. The summed E-state index contributed by atoms with van der Waals surface area (Å²) in [5.74, 6) is 0.637. The molecule has 30 heavy (non-hydrogen) atoms. The van der Waals surface area contributed by atoms with Crippen LogP contribution in [0.25, 0.3) is 11.4 Å². The second kappa shape index (κ2) is 9.11. The Balaban J connectivity index is 1.47. The fourth-order valence-corrected chi connectivity index (χ4v) is 3.89. The topological polar surface area (TPSA) is 69.0 Å². The van der Waals surface area contributed by atoms with Gasteiger partial charge in [0.25, 0.3) is 5.91 Å². The average molecular weight is 405 g/mol. The lowest BCUT2D eigenvalue weighted by atomic mass is 10.2. The summed E-state index contributed by atoms with van der Waals surface area (Å²) in [5, 5.41) is 7.81. The predicted molar refractivity (Wildman–Crippen MR) is 116 cm³/mol. The number of aromatic nitrogens is 3. The van der Waals surface area contributed by atoms with E-state index in [1.807, 2.05) is 50.2 Å². The van der Waals surface area contributed by atoms with E-state index in [0.717, 1.165) is 35.7 Å². The van der Waals surface area contributed by atoms with Crippen molar-refractivity contribution < 1.29 is 9.53 Å². The molecule has 1 fully saturated rings. The molecule has 6 nitrogen and oxygen atoms in total. The number of amides is 1. The number of hydrogen-bond acceptors (Lipinski definition) is 4. The van der Waals surface area contributed by atoms with E-state index in [0.29, 0.717) is 18.2 Å². The van der Waals surface area contributed by atoms with Crippen molar-refractivity contribution in [3.05, 3.63) is 66.0 Å². The Morgan fingerprint density at radius 1 is 1.17 bits per heavy atom. The van der Waals surface area contributed by atoms with Gasteiger partial charge in [0.2, 0.25) is 0 Å². The van der Waals surface area contributed by atoms with Crippen LogP contribution in [0.5, 0.6) is 5.75 Å². The maximum absolute atomic E-state index is 12.6. The van der Waals surface area contributed by atoms with Crippen LogP contribution in [0.3, 0.4) is 0 Å². The highest BCUT2D eigenvalue weighted by Gasteiger charge is 2.22. The number of hydrogen-bond donors (Lipinski definition) is 1. The van der Waals surface area contributed by atoms with Crippen LogP contribution in [0.4, 0.5) is 0 Å². The molecule has 1 aliphatic rings. The highest BCUT2D eigenvalue weighted by molar-refractivity contribution is 5.94. The highest BCUT2D eigenvalue weighted by Crippen LogP contribution is 2.33. The Morgan fingerprint density at radius 3 is 2.60 bits per heavy atom. The van der Waals surface area contributed by atoms with Crippen LogP contribution in [0.1, 0.15) is 61.6 Å². The van der Waals surface area contributed by atoms with Crippen molar-refractivity contribution in [2.75, 3.05) is 0 Å². The van der Waals surface area contributed by atoms with Gasteiger partial charge in [-0.2, -0.15) is 5.10 Å². The zero-order chi connectivity index (χ0) is 20.9. The van der Waals surface area contributed by atoms with Gasteiger partial charge in [0, 0.05) is 11.8 Å². The number of nitrogens with one attached hydrogen (secondary N) is 1. The third-order valence-electron chi connectivity index (χ3n) is 5.30. The van der Waals surface area contributed by atoms with Gasteiger partial charge in [0.1, 0.15) is 5.75 Å². The van der Waals surface area contributed by atoms with Crippen LogP contribution in [0, 0.1) is 0 Å². The van der Waals surface area contributed by atoms with E-state index < -0.39 is 0 Å². The summed E-state index contributed by atoms with van der Waals surface area (Å²) < 4.78 is 7.74. The smallest absolute Gasteiger partial charge is 0.251 e. The summed E-state index contributed by atoms with van der Waals surface area (Å²) in [6.07, 6.45) is 6.64. The third kappa shape index (κ3) is 4.70. The summed E-state index contributed by atoms with van der Waals surface area (Å²) in [7, 11) is 0. The Morgan fingerprint density at radius 2 is 1.93 bits per heavy atom. The SMILES string of the molecule is CC(C)Oc1ccc(C(=O)NCc2cc(-c3ccccn3)n(C3CCCC3)n2)cc1. The summed E-state index contributed by atoms with van der Waals surface area (Å²) in [4.78, 5) is 17.1. The molecule has 1 amide bonds. The van der Waals surface area contributed by atoms with Gasteiger partial charge in [-0.1, -0.05) is 18.9 Å². The largest absolute Gasteiger partial charge is 0.491 e. The molecule has 0 atom stereocenters. The molecule has 156 valence electrons. The van der Waals surface area contributed by atoms with Crippen molar-refractivity contribution in [3.8, 4) is 17.1 Å². The second-order valence-electron chi connectivity index (χ2n) is 7.99. The first-order valence-electron chi connectivity index (χ1n) is 10.6. The van der Waals surface area contributed by atoms with Gasteiger partial charge in [0.05, 0.1) is 35.8 Å². The number of rotatable bonds is 7. The fourth-order valence-electron chi connectivity index (χ4n) is 3.89.